The Balaban J connectivity index is 2.90. The molecule has 0 heterocycles. The van der Waals surface area contributed by atoms with Gasteiger partial charge in [-0.3, -0.25) is 4.79 Å². The molecule has 0 saturated carbocycles. The summed E-state index contributed by atoms with van der Waals surface area (Å²) in [5.41, 5.74) is 0. The molecule has 45 valence electrons. The van der Waals surface area contributed by atoms with Gasteiger partial charge in [0.1, 0.15) is 0 Å². The summed E-state index contributed by atoms with van der Waals surface area (Å²) in [6.07, 6.45) is 6.47. The summed E-state index contributed by atoms with van der Waals surface area (Å²) in [7, 11) is 0. The van der Waals surface area contributed by atoms with E-state index in [1.54, 1.807) is 6.41 Å². The van der Waals surface area contributed by atoms with Crippen molar-refractivity contribution in [1.82, 2.24) is 5.32 Å². The van der Waals surface area contributed by atoms with Crippen LogP contribution in [0.15, 0.2) is 12.2 Å². The number of hydrogen-bond donors (Lipinski definition) is 1. The maximum atomic E-state index is 9.50. The van der Waals surface area contributed by atoms with Gasteiger partial charge in [0.25, 0.3) is 0 Å². The van der Waals surface area contributed by atoms with Crippen LogP contribution >= 0.6 is 0 Å². The largest absolute Gasteiger partial charge is 0.344 e. The Morgan fingerprint density at radius 3 is 2.88 bits per heavy atom. The average Bonchev–Trinajstić information content (AvgIpc) is 1.81. The smallest absolute Gasteiger partial charge is 0.309 e. The third kappa shape index (κ3) is 5.21. The molecule has 0 unspecified atom stereocenters. The van der Waals surface area contributed by atoms with Gasteiger partial charge >= 0.3 is 6.41 Å². The van der Waals surface area contributed by atoms with Gasteiger partial charge in [-0.15, -0.1) is 0 Å². The van der Waals surface area contributed by atoms with E-state index in [-0.39, 0.29) is 0 Å². The minimum atomic E-state index is 0.595. The van der Waals surface area contributed by atoms with Gasteiger partial charge in [0.2, 0.25) is 0 Å². The standard InChI is InChI=1S/C6H10NO/c1-2-3-4-5-7-6-8/h3-4H,2,5H2,1H3,(H,7,8). The highest BCUT2D eigenvalue weighted by Gasteiger charge is 1.71. The molecule has 0 bridgehead atoms. The van der Waals surface area contributed by atoms with E-state index in [4.69, 9.17) is 0 Å². The first-order chi connectivity index (χ1) is 3.91. The molecule has 0 rings (SSSR count). The van der Waals surface area contributed by atoms with E-state index in [1.165, 1.54) is 0 Å². The molecule has 1 N–H and O–H groups in total. The molecule has 0 atom stereocenters. The number of nitrogens with one attached hydrogen (secondary N) is 1. The Bertz CT molecular complexity index is 78.6. The van der Waals surface area contributed by atoms with Crippen LogP contribution < -0.4 is 5.32 Å². The van der Waals surface area contributed by atoms with Crippen LogP contribution in [0.1, 0.15) is 13.3 Å². The molecule has 1 radical (unpaired) electrons. The predicted molar refractivity (Wildman–Crippen MR) is 33.1 cm³/mol. The monoisotopic (exact) mass is 112 g/mol. The molecular weight excluding hydrogens is 102 g/mol. The molecule has 0 aromatic carbocycles. The minimum absolute atomic E-state index is 0.595. The van der Waals surface area contributed by atoms with Crippen molar-refractivity contribution >= 4 is 6.41 Å². The zero-order valence-electron chi connectivity index (χ0n) is 4.98. The van der Waals surface area contributed by atoms with Gasteiger partial charge in [0.05, 0.1) is 0 Å². The number of rotatable bonds is 4. The van der Waals surface area contributed by atoms with Gasteiger partial charge in [-0.05, 0) is 6.42 Å². The van der Waals surface area contributed by atoms with Gasteiger partial charge in [0, 0.05) is 6.54 Å². The van der Waals surface area contributed by atoms with Gasteiger partial charge in [-0.1, -0.05) is 19.1 Å². The molecule has 2 heteroatoms. The quantitative estimate of drug-likeness (QED) is 0.322. The van der Waals surface area contributed by atoms with E-state index < -0.39 is 0 Å². The Morgan fingerprint density at radius 1 is 1.62 bits per heavy atom. The summed E-state index contributed by atoms with van der Waals surface area (Å²) in [5.74, 6) is 0. The summed E-state index contributed by atoms with van der Waals surface area (Å²) >= 11 is 0. The van der Waals surface area contributed by atoms with E-state index in [0.29, 0.717) is 6.54 Å². The fourth-order valence-corrected chi connectivity index (χ4v) is 0.351. The second kappa shape index (κ2) is 6.21. The summed E-state index contributed by atoms with van der Waals surface area (Å²) in [6, 6.07) is 0. The molecular formula is C6H10NO. The lowest BCUT2D eigenvalue weighted by Gasteiger charge is -1.83. The van der Waals surface area contributed by atoms with Crippen molar-refractivity contribution in [2.24, 2.45) is 0 Å². The molecule has 0 aromatic heterocycles. The van der Waals surface area contributed by atoms with Crippen molar-refractivity contribution in [3.8, 4) is 0 Å². The highest BCUT2D eigenvalue weighted by molar-refractivity contribution is 5.47. The molecule has 8 heavy (non-hydrogen) atoms. The topological polar surface area (TPSA) is 29.1 Å². The second-order valence-corrected chi connectivity index (χ2v) is 1.36. The van der Waals surface area contributed by atoms with Crippen LogP contribution in [0.3, 0.4) is 0 Å². The van der Waals surface area contributed by atoms with E-state index >= 15 is 0 Å². The zero-order valence-corrected chi connectivity index (χ0v) is 4.98. The molecule has 0 aliphatic rings. The number of amides is 1. The molecule has 0 fully saturated rings. The highest BCUT2D eigenvalue weighted by Crippen LogP contribution is 1.75. The third-order valence-electron chi connectivity index (χ3n) is 0.694. The maximum Gasteiger partial charge on any atom is 0.309 e. The molecule has 0 aliphatic heterocycles. The van der Waals surface area contributed by atoms with E-state index in [2.05, 4.69) is 5.32 Å². The molecule has 0 saturated heterocycles. The fourth-order valence-electron chi connectivity index (χ4n) is 0.351. The van der Waals surface area contributed by atoms with Crippen LogP contribution in [0.2, 0.25) is 0 Å². The van der Waals surface area contributed by atoms with Crippen LogP contribution in [0.4, 0.5) is 0 Å². The number of hydrogen-bond acceptors (Lipinski definition) is 1. The molecule has 2 nitrogen and oxygen atoms in total. The van der Waals surface area contributed by atoms with E-state index in [0.717, 1.165) is 6.42 Å². The number of allylic oxidation sites excluding steroid dienone is 1. The second-order valence-electron chi connectivity index (χ2n) is 1.36. The highest BCUT2D eigenvalue weighted by atomic mass is 16.1. The van der Waals surface area contributed by atoms with Gasteiger partial charge in [-0.2, -0.15) is 0 Å². The fraction of sp³-hybridized carbons (Fsp3) is 0.500. The lowest BCUT2D eigenvalue weighted by atomic mass is 10.4. The molecule has 0 spiro atoms. The van der Waals surface area contributed by atoms with Crippen LogP contribution in [0.5, 0.6) is 0 Å². The Hall–Kier alpha value is -0.790. The van der Waals surface area contributed by atoms with E-state index in [1.807, 2.05) is 19.1 Å². The first kappa shape index (κ1) is 7.21. The van der Waals surface area contributed by atoms with Crippen LogP contribution in [0.25, 0.3) is 0 Å². The van der Waals surface area contributed by atoms with Crippen molar-refractivity contribution in [2.75, 3.05) is 6.54 Å². The Kier molecular flexibility index (Phi) is 5.60. The molecule has 0 aliphatic carbocycles. The van der Waals surface area contributed by atoms with Crippen molar-refractivity contribution < 1.29 is 4.79 Å². The summed E-state index contributed by atoms with van der Waals surface area (Å²) in [4.78, 5) is 9.50. The minimum Gasteiger partial charge on any atom is -0.344 e. The third-order valence-corrected chi connectivity index (χ3v) is 0.694. The molecule has 1 amide bonds. The maximum absolute atomic E-state index is 9.50. The number of carbonyl (C=O) groups excluding carboxylic acids is 1. The molecule has 0 aromatic rings. The van der Waals surface area contributed by atoms with Crippen molar-refractivity contribution in [1.29, 1.82) is 0 Å². The van der Waals surface area contributed by atoms with Crippen LogP contribution in [-0.2, 0) is 4.79 Å². The van der Waals surface area contributed by atoms with Crippen molar-refractivity contribution in [3.05, 3.63) is 12.2 Å². The van der Waals surface area contributed by atoms with E-state index in [9.17, 15) is 4.79 Å². The van der Waals surface area contributed by atoms with Crippen LogP contribution in [-0.4, -0.2) is 13.0 Å². The average molecular weight is 112 g/mol. The van der Waals surface area contributed by atoms with Crippen LogP contribution in [0, 0.1) is 0 Å². The summed E-state index contributed by atoms with van der Waals surface area (Å²) < 4.78 is 0. The SMILES string of the molecule is CCC=CCN[C]=O. The predicted octanol–water partition coefficient (Wildman–Crippen LogP) is 0.609. The normalized spacial score (nSPS) is 9.62. The van der Waals surface area contributed by atoms with Crippen molar-refractivity contribution in [3.63, 3.8) is 0 Å². The summed E-state index contributed by atoms with van der Waals surface area (Å²) in [5, 5.41) is 2.39. The summed E-state index contributed by atoms with van der Waals surface area (Å²) in [6.45, 7) is 2.64. The van der Waals surface area contributed by atoms with Gasteiger partial charge in [0.15, 0.2) is 0 Å². The Labute approximate surface area is 49.6 Å². The first-order valence-electron chi connectivity index (χ1n) is 2.66. The first-order valence-corrected chi connectivity index (χ1v) is 2.66. The lowest BCUT2D eigenvalue weighted by Crippen LogP contribution is -2.08. The van der Waals surface area contributed by atoms with Gasteiger partial charge < -0.3 is 5.32 Å². The van der Waals surface area contributed by atoms with Crippen molar-refractivity contribution in [2.45, 2.75) is 13.3 Å². The lowest BCUT2D eigenvalue weighted by molar-refractivity contribution is 0.546. The zero-order chi connectivity index (χ0) is 6.24. The Morgan fingerprint density at radius 2 is 2.38 bits per heavy atom. The van der Waals surface area contributed by atoms with Gasteiger partial charge in [-0.25, -0.2) is 0 Å².